The van der Waals surface area contributed by atoms with Crippen LogP contribution in [0.1, 0.15) is 79.0 Å². The van der Waals surface area contributed by atoms with Gasteiger partial charge in [0, 0.05) is 74.8 Å². The molecule has 68 heavy (non-hydrogen) atoms. The summed E-state index contributed by atoms with van der Waals surface area (Å²) in [4.78, 5) is 9.72. The van der Waals surface area contributed by atoms with Gasteiger partial charge in [-0.2, -0.15) is 0 Å². The predicted molar refractivity (Wildman–Crippen MR) is 285 cm³/mol. The van der Waals surface area contributed by atoms with Gasteiger partial charge in [-0.3, -0.25) is 4.57 Å². The molecule has 0 N–H and O–H groups in total. The van der Waals surface area contributed by atoms with E-state index in [1.54, 1.807) is 0 Å². The lowest BCUT2D eigenvalue weighted by molar-refractivity contribution is 0.483. The molecule has 3 aromatic heterocycles. The van der Waals surface area contributed by atoms with Gasteiger partial charge in [0.05, 0.1) is 34.4 Å². The fourth-order valence-corrected chi connectivity index (χ4v) is 10.5. The van der Waals surface area contributed by atoms with Crippen LogP contribution < -0.4 is 14.5 Å². The van der Waals surface area contributed by atoms with Gasteiger partial charge >= 0.3 is 0 Å². The second-order valence-corrected chi connectivity index (χ2v) is 21.9. The maximum absolute atomic E-state index is 6.87. The summed E-state index contributed by atoms with van der Waals surface area (Å²) >= 11 is 0. The predicted octanol–water partition coefficient (Wildman–Crippen LogP) is 16.4. The average molecular weight is 888 g/mol. The molecule has 5 heterocycles. The van der Waals surface area contributed by atoms with Crippen LogP contribution in [0.2, 0.25) is 0 Å². The lowest BCUT2D eigenvalue weighted by Crippen LogP contribution is -2.26. The van der Waals surface area contributed by atoms with E-state index in [4.69, 9.17) is 9.72 Å². The Bertz CT molecular complexity index is 3680. The second kappa shape index (κ2) is 15.0. The lowest BCUT2D eigenvalue weighted by atomic mass is 9.80. The summed E-state index contributed by atoms with van der Waals surface area (Å²) in [6, 6.07) is 55.7. The normalized spacial score (nSPS) is 13.8. The van der Waals surface area contributed by atoms with E-state index in [1.165, 1.54) is 77.5 Å². The Balaban J connectivity index is 0.989. The molecule has 0 aliphatic carbocycles. The van der Waals surface area contributed by atoms with Gasteiger partial charge in [-0.05, 0) is 111 Å². The van der Waals surface area contributed by atoms with Gasteiger partial charge in [-0.15, -0.1) is 0 Å². The zero-order valence-electron chi connectivity index (χ0n) is 40.5. The third-order valence-corrected chi connectivity index (χ3v) is 14.2. The molecule has 336 valence electrons. The molecule has 0 radical (unpaired) electrons. The summed E-state index contributed by atoms with van der Waals surface area (Å²) in [5, 5.41) is 4.84. The standard InChI is InChI=1S/C62H57N5O/c1-60(2,3)39-28-29-63-56(35-39)66-53-26-27-54-57(48-20-11-10-18-46(48)49-21-15-22-50-47-19-12-13-23-52(47)67(54)59(49)50)58(53)51-25-24-45(37-55(51)66)68-44-17-14-16-42(36-44)64-30-31-65(38-64)43-33-40(61(4,5)6)32-41(34-43)62(7,8)9/h10-37H,38H2,1-9H3. The molecule has 2 aliphatic heterocycles. The zero-order chi connectivity index (χ0) is 46.9. The molecule has 0 spiro atoms. The molecule has 0 saturated carbocycles. The van der Waals surface area contributed by atoms with E-state index in [0.29, 0.717) is 6.67 Å². The fraction of sp³-hybridized carbons (Fsp3) is 0.210. The maximum Gasteiger partial charge on any atom is 0.137 e. The van der Waals surface area contributed by atoms with Crippen LogP contribution in [0.15, 0.2) is 170 Å². The number of rotatable bonds is 5. The van der Waals surface area contributed by atoms with Crippen molar-refractivity contribution in [3.05, 3.63) is 187 Å². The summed E-state index contributed by atoms with van der Waals surface area (Å²) < 4.78 is 11.7. The number of nitrogens with zero attached hydrogens (tertiary/aromatic N) is 5. The van der Waals surface area contributed by atoms with Crippen LogP contribution in [-0.4, -0.2) is 20.8 Å². The molecule has 0 fully saturated rings. The molecular formula is C62H57N5O. The van der Waals surface area contributed by atoms with E-state index in [0.717, 1.165) is 39.4 Å². The monoisotopic (exact) mass is 887 g/mol. The molecule has 0 atom stereocenters. The molecule has 0 saturated heterocycles. The van der Waals surface area contributed by atoms with E-state index < -0.39 is 0 Å². The van der Waals surface area contributed by atoms with Crippen LogP contribution in [0.5, 0.6) is 11.5 Å². The Labute approximate surface area is 399 Å². The van der Waals surface area contributed by atoms with Crippen molar-refractivity contribution in [1.82, 2.24) is 14.1 Å². The second-order valence-electron chi connectivity index (χ2n) is 21.9. The van der Waals surface area contributed by atoms with Crippen molar-refractivity contribution in [2.75, 3.05) is 16.5 Å². The molecule has 0 bridgehead atoms. The first kappa shape index (κ1) is 41.8. The molecule has 2 aliphatic rings. The highest BCUT2D eigenvalue weighted by atomic mass is 16.5. The van der Waals surface area contributed by atoms with Crippen molar-refractivity contribution in [2.45, 2.75) is 78.6 Å². The summed E-state index contributed by atoms with van der Waals surface area (Å²) in [5.41, 5.74) is 16.8. The fourth-order valence-electron chi connectivity index (χ4n) is 10.5. The number of anilines is 2. The number of fused-ring (bicyclic) bond motifs is 12. The maximum atomic E-state index is 6.87. The van der Waals surface area contributed by atoms with Crippen molar-refractivity contribution in [3.63, 3.8) is 0 Å². The number of hydrogen-bond donors (Lipinski definition) is 0. The Hall–Kier alpha value is -7.57. The third-order valence-electron chi connectivity index (χ3n) is 14.2. The van der Waals surface area contributed by atoms with Crippen LogP contribution in [0.25, 0.3) is 77.4 Å². The highest BCUT2D eigenvalue weighted by Gasteiger charge is 2.29. The van der Waals surface area contributed by atoms with Crippen LogP contribution in [-0.2, 0) is 16.2 Å². The van der Waals surface area contributed by atoms with Crippen LogP contribution in [0.4, 0.5) is 11.4 Å². The number of aromatic nitrogens is 3. The van der Waals surface area contributed by atoms with E-state index >= 15 is 0 Å². The minimum absolute atomic E-state index is 0.0387. The molecule has 10 aromatic rings. The number of benzene rings is 7. The number of para-hydroxylation sites is 2. The third kappa shape index (κ3) is 6.71. The summed E-state index contributed by atoms with van der Waals surface area (Å²) in [6.45, 7) is 21.3. The van der Waals surface area contributed by atoms with Crippen molar-refractivity contribution < 1.29 is 4.74 Å². The van der Waals surface area contributed by atoms with Crippen LogP contribution in [0, 0.1) is 0 Å². The average Bonchev–Trinajstić information content (AvgIpc) is 4.02. The highest BCUT2D eigenvalue weighted by molar-refractivity contribution is 6.22. The first-order chi connectivity index (χ1) is 32.6. The Morgan fingerprint density at radius 2 is 1.12 bits per heavy atom. The molecule has 6 heteroatoms. The molecule has 0 unspecified atom stereocenters. The van der Waals surface area contributed by atoms with Crippen molar-refractivity contribution in [2.24, 2.45) is 0 Å². The Morgan fingerprint density at radius 3 is 1.88 bits per heavy atom. The van der Waals surface area contributed by atoms with E-state index in [-0.39, 0.29) is 16.2 Å². The molecule has 6 nitrogen and oxygen atoms in total. The minimum Gasteiger partial charge on any atom is -0.457 e. The smallest absolute Gasteiger partial charge is 0.137 e. The number of ether oxygens (including phenoxy) is 1. The first-order valence-corrected chi connectivity index (χ1v) is 24.0. The SMILES string of the molecule is CC(C)(C)c1cc(N2C=CN(c3cccc(Oc4ccc5c6c7c(ccc6n(-c6cc(C(C)(C)C)ccn6)c5c4)-n4c5ccccc5c5cccc(c54)-c4ccccc4-7)c3)C2)cc(C(C)(C)C)c1. The van der Waals surface area contributed by atoms with Gasteiger partial charge in [-0.25, -0.2) is 4.98 Å². The topological polar surface area (TPSA) is 38.5 Å². The minimum atomic E-state index is -0.0637. The van der Waals surface area contributed by atoms with Gasteiger partial charge < -0.3 is 19.1 Å². The van der Waals surface area contributed by atoms with E-state index in [9.17, 15) is 0 Å². The van der Waals surface area contributed by atoms with Gasteiger partial charge in [0.1, 0.15) is 17.3 Å². The van der Waals surface area contributed by atoms with Gasteiger partial charge in [-0.1, -0.05) is 135 Å². The summed E-state index contributed by atoms with van der Waals surface area (Å²) in [6.07, 6.45) is 6.32. The lowest BCUT2D eigenvalue weighted by Gasteiger charge is -2.29. The largest absolute Gasteiger partial charge is 0.457 e. The number of hydrogen-bond acceptors (Lipinski definition) is 4. The molecule has 7 aromatic carbocycles. The van der Waals surface area contributed by atoms with E-state index in [1.807, 2.05) is 12.3 Å². The quantitative estimate of drug-likeness (QED) is 0.173. The van der Waals surface area contributed by atoms with Gasteiger partial charge in [0.15, 0.2) is 0 Å². The van der Waals surface area contributed by atoms with Crippen molar-refractivity contribution in [3.8, 4) is 45.3 Å². The summed E-state index contributed by atoms with van der Waals surface area (Å²) in [5.74, 6) is 2.41. The highest BCUT2D eigenvalue weighted by Crippen LogP contribution is 2.51. The molecule has 12 rings (SSSR count). The Kier molecular flexibility index (Phi) is 9.21. The van der Waals surface area contributed by atoms with Crippen LogP contribution >= 0.6 is 0 Å². The van der Waals surface area contributed by atoms with Crippen molar-refractivity contribution in [1.29, 1.82) is 0 Å². The zero-order valence-corrected chi connectivity index (χ0v) is 40.5. The molecular weight excluding hydrogens is 831 g/mol. The molecule has 0 amide bonds. The van der Waals surface area contributed by atoms with Gasteiger partial charge in [0.2, 0.25) is 0 Å². The van der Waals surface area contributed by atoms with Gasteiger partial charge in [0.25, 0.3) is 0 Å². The number of pyridine rings is 1. The van der Waals surface area contributed by atoms with E-state index in [2.05, 4.69) is 239 Å². The van der Waals surface area contributed by atoms with Crippen LogP contribution in [0.3, 0.4) is 0 Å². The van der Waals surface area contributed by atoms with Crippen molar-refractivity contribution >= 4 is 55.0 Å². The first-order valence-electron chi connectivity index (χ1n) is 24.0. The Morgan fingerprint density at radius 1 is 0.456 bits per heavy atom. The summed E-state index contributed by atoms with van der Waals surface area (Å²) in [7, 11) is 0.